The van der Waals surface area contributed by atoms with Crippen LogP contribution in [0.4, 0.5) is 32.2 Å². The summed E-state index contributed by atoms with van der Waals surface area (Å²) in [6, 6.07) is 6.50. The number of ether oxygens (including phenoxy) is 1. The van der Waals surface area contributed by atoms with Crippen molar-refractivity contribution in [2.24, 2.45) is 0 Å². The Morgan fingerprint density at radius 2 is 2.06 bits per heavy atom. The van der Waals surface area contributed by atoms with Gasteiger partial charge in [-0.25, -0.2) is 14.2 Å². The lowest BCUT2D eigenvalue weighted by molar-refractivity contribution is -0.117. The Morgan fingerprint density at radius 1 is 1.19 bits per heavy atom. The second kappa shape index (κ2) is 8.93. The van der Waals surface area contributed by atoms with Gasteiger partial charge in [0, 0.05) is 19.2 Å². The predicted molar refractivity (Wildman–Crippen MR) is 133 cm³/mol. The van der Waals surface area contributed by atoms with Gasteiger partial charge in [-0.05, 0) is 43.7 Å². The molecular formula is C24H25FN6O4S. The molecule has 0 radical (unpaired) electrons. The maximum absolute atomic E-state index is 14.7. The van der Waals surface area contributed by atoms with Gasteiger partial charge in [0.25, 0.3) is 0 Å². The number of pyridine rings is 1. The van der Waals surface area contributed by atoms with Crippen molar-refractivity contribution < 1.29 is 23.5 Å². The molecule has 10 nitrogen and oxygen atoms in total. The van der Waals surface area contributed by atoms with Gasteiger partial charge in [-0.2, -0.15) is 0 Å². The zero-order valence-corrected chi connectivity index (χ0v) is 20.4. The minimum absolute atomic E-state index is 0.0342. The van der Waals surface area contributed by atoms with Gasteiger partial charge in [-0.15, -0.1) is 11.8 Å². The molecule has 4 aliphatic heterocycles. The summed E-state index contributed by atoms with van der Waals surface area (Å²) in [7, 11) is 1.84. The smallest absolute Gasteiger partial charge is 0.415 e. The van der Waals surface area contributed by atoms with Gasteiger partial charge in [0.15, 0.2) is 0 Å². The van der Waals surface area contributed by atoms with Crippen LogP contribution in [0.1, 0.15) is 24.4 Å². The zero-order chi connectivity index (χ0) is 25.0. The SMILES string of the molecule is CN1CC(=O)N2C[C@H](NCCC[C@@H]3CN(c4ccc5c(n4)NC(=O)CS5)C(=O)O3)c3c(F)ccc1c32. The number of benzene rings is 1. The first-order valence-electron chi connectivity index (χ1n) is 11.9. The predicted octanol–water partition coefficient (Wildman–Crippen LogP) is 2.50. The van der Waals surface area contributed by atoms with Crippen molar-refractivity contribution in [1.82, 2.24) is 10.3 Å². The quantitative estimate of drug-likeness (QED) is 0.569. The van der Waals surface area contributed by atoms with Crippen molar-refractivity contribution in [2.45, 2.75) is 29.9 Å². The summed E-state index contributed by atoms with van der Waals surface area (Å²) in [5.74, 6) is 0.785. The van der Waals surface area contributed by atoms with Crippen LogP contribution >= 0.6 is 11.8 Å². The minimum atomic E-state index is -0.466. The van der Waals surface area contributed by atoms with Crippen LogP contribution in [0.5, 0.6) is 0 Å². The van der Waals surface area contributed by atoms with E-state index < -0.39 is 6.09 Å². The lowest BCUT2D eigenvalue weighted by atomic mass is 10.0. The van der Waals surface area contributed by atoms with E-state index in [0.29, 0.717) is 61.1 Å². The number of rotatable bonds is 6. The maximum Gasteiger partial charge on any atom is 0.415 e. The number of aromatic nitrogens is 1. The number of amides is 3. The van der Waals surface area contributed by atoms with E-state index in [2.05, 4.69) is 15.6 Å². The molecule has 188 valence electrons. The Labute approximate surface area is 211 Å². The number of likely N-dealkylation sites (N-methyl/N-ethyl adjacent to an activating group) is 1. The fraction of sp³-hybridized carbons (Fsp3) is 0.417. The van der Waals surface area contributed by atoms with Crippen molar-refractivity contribution in [3.63, 3.8) is 0 Å². The van der Waals surface area contributed by atoms with Crippen LogP contribution in [-0.2, 0) is 14.3 Å². The van der Waals surface area contributed by atoms with Gasteiger partial charge >= 0.3 is 6.09 Å². The first-order valence-corrected chi connectivity index (χ1v) is 12.9. The Balaban J connectivity index is 1.06. The molecule has 0 spiro atoms. The summed E-state index contributed by atoms with van der Waals surface area (Å²) < 4.78 is 20.3. The highest BCUT2D eigenvalue weighted by Crippen LogP contribution is 2.45. The number of hydrogen-bond donors (Lipinski definition) is 2. The van der Waals surface area contributed by atoms with E-state index in [1.54, 1.807) is 17.0 Å². The molecule has 0 bridgehead atoms. The molecule has 0 saturated carbocycles. The van der Waals surface area contributed by atoms with Crippen molar-refractivity contribution in [3.8, 4) is 0 Å². The molecule has 3 amide bonds. The number of anilines is 4. The summed E-state index contributed by atoms with van der Waals surface area (Å²) in [5, 5.41) is 6.13. The lowest BCUT2D eigenvalue weighted by Crippen LogP contribution is -2.43. The third-order valence-corrected chi connectivity index (χ3v) is 7.96. The molecule has 2 aromatic rings. The summed E-state index contributed by atoms with van der Waals surface area (Å²) in [4.78, 5) is 47.0. The molecule has 6 rings (SSSR count). The maximum atomic E-state index is 14.7. The molecule has 1 saturated heterocycles. The molecule has 2 N–H and O–H groups in total. The normalized spacial score (nSPS) is 22.5. The third kappa shape index (κ3) is 3.94. The second-order valence-electron chi connectivity index (χ2n) is 9.31. The standard InChI is InChI=1S/C24H25FN6O4S/c1-29-11-20(33)31-10-15(21-14(25)4-5-16(29)22(21)31)26-8-2-3-13-9-30(24(34)35-13)18-7-6-17-23(27-18)28-19(32)12-36-17/h4-7,13,15,26H,2-3,8-12H2,1H3,(H,27,28,32)/t13-,15+/m1/s1. The van der Waals surface area contributed by atoms with Crippen molar-refractivity contribution in [1.29, 1.82) is 0 Å². The lowest BCUT2D eigenvalue weighted by Gasteiger charge is -2.32. The number of fused-ring (bicyclic) bond motifs is 1. The average molecular weight is 513 g/mol. The molecule has 36 heavy (non-hydrogen) atoms. The topological polar surface area (TPSA) is 107 Å². The third-order valence-electron chi connectivity index (χ3n) is 6.92. The second-order valence-corrected chi connectivity index (χ2v) is 10.3. The summed E-state index contributed by atoms with van der Waals surface area (Å²) >= 11 is 1.41. The molecule has 0 unspecified atom stereocenters. The number of halogens is 1. The van der Waals surface area contributed by atoms with E-state index in [0.717, 1.165) is 10.6 Å². The van der Waals surface area contributed by atoms with Crippen LogP contribution in [0, 0.1) is 5.82 Å². The summed E-state index contributed by atoms with van der Waals surface area (Å²) in [6.07, 6.45) is 0.567. The van der Waals surface area contributed by atoms with Gasteiger partial charge in [0.05, 0.1) is 41.2 Å². The number of nitrogens with one attached hydrogen (secondary N) is 2. The molecular weight excluding hydrogens is 487 g/mol. The van der Waals surface area contributed by atoms with Gasteiger partial charge in [0.1, 0.15) is 23.6 Å². The van der Waals surface area contributed by atoms with E-state index in [4.69, 9.17) is 4.74 Å². The molecule has 12 heteroatoms. The molecule has 1 aromatic heterocycles. The van der Waals surface area contributed by atoms with E-state index in [1.807, 2.05) is 18.0 Å². The van der Waals surface area contributed by atoms with Gasteiger partial charge < -0.3 is 25.2 Å². The number of thioether (sulfide) groups is 1. The van der Waals surface area contributed by atoms with E-state index in [9.17, 15) is 18.8 Å². The number of carbonyl (C=O) groups is 3. The fourth-order valence-electron chi connectivity index (χ4n) is 5.20. The summed E-state index contributed by atoms with van der Waals surface area (Å²) in [5.41, 5.74) is 2.07. The highest BCUT2D eigenvalue weighted by molar-refractivity contribution is 8.00. The molecule has 1 fully saturated rings. The first-order chi connectivity index (χ1) is 17.4. The Bertz CT molecular complexity index is 1280. The highest BCUT2D eigenvalue weighted by atomic mass is 32.2. The highest BCUT2D eigenvalue weighted by Gasteiger charge is 2.40. The molecule has 4 aliphatic rings. The van der Waals surface area contributed by atoms with Crippen LogP contribution < -0.4 is 25.3 Å². The Morgan fingerprint density at radius 3 is 2.92 bits per heavy atom. The van der Waals surface area contributed by atoms with Crippen LogP contribution in [0.2, 0.25) is 0 Å². The monoisotopic (exact) mass is 512 g/mol. The van der Waals surface area contributed by atoms with Crippen LogP contribution in [0.25, 0.3) is 0 Å². The zero-order valence-electron chi connectivity index (χ0n) is 19.6. The number of carbonyl (C=O) groups excluding carboxylic acids is 3. The first kappa shape index (κ1) is 23.0. The fourth-order valence-corrected chi connectivity index (χ4v) is 5.95. The van der Waals surface area contributed by atoms with Crippen molar-refractivity contribution >= 4 is 52.7 Å². The van der Waals surface area contributed by atoms with Gasteiger partial charge in [0.2, 0.25) is 11.8 Å². The number of cyclic esters (lactones) is 1. The molecule has 0 aliphatic carbocycles. The molecule has 1 aromatic carbocycles. The van der Waals surface area contributed by atoms with E-state index >= 15 is 0 Å². The van der Waals surface area contributed by atoms with Crippen LogP contribution in [0.15, 0.2) is 29.2 Å². The van der Waals surface area contributed by atoms with Gasteiger partial charge in [-0.1, -0.05) is 0 Å². The Hall–Kier alpha value is -3.38. The number of hydrogen-bond acceptors (Lipinski definition) is 8. The largest absolute Gasteiger partial charge is 0.444 e. The van der Waals surface area contributed by atoms with Crippen LogP contribution in [0.3, 0.4) is 0 Å². The average Bonchev–Trinajstić information content (AvgIpc) is 3.42. The molecule has 5 heterocycles. The number of nitrogens with zero attached hydrogens (tertiary/aromatic N) is 4. The molecule has 2 atom stereocenters. The minimum Gasteiger partial charge on any atom is -0.444 e. The van der Waals surface area contributed by atoms with Crippen molar-refractivity contribution in [2.75, 3.05) is 59.0 Å². The Kier molecular flexibility index (Phi) is 5.72. The van der Waals surface area contributed by atoms with Crippen molar-refractivity contribution in [3.05, 3.63) is 35.6 Å². The van der Waals surface area contributed by atoms with E-state index in [1.165, 1.54) is 22.7 Å². The van der Waals surface area contributed by atoms with Gasteiger partial charge in [-0.3, -0.25) is 14.5 Å². The summed E-state index contributed by atoms with van der Waals surface area (Å²) in [6.45, 7) is 1.63. The van der Waals surface area contributed by atoms with Crippen LogP contribution in [-0.4, -0.2) is 68.0 Å². The van der Waals surface area contributed by atoms with E-state index in [-0.39, 0.29) is 36.3 Å².